The highest BCUT2D eigenvalue weighted by atomic mass is 16.2. The normalized spacial score (nSPS) is 11.2. The predicted octanol–water partition coefficient (Wildman–Crippen LogP) is -0.289. The van der Waals surface area contributed by atoms with E-state index in [1.165, 1.54) is 0 Å². The monoisotopic (exact) mass is 212 g/mol. The first-order chi connectivity index (χ1) is 7.11. The van der Waals surface area contributed by atoms with Crippen molar-refractivity contribution in [1.29, 1.82) is 5.26 Å². The van der Waals surface area contributed by atoms with Gasteiger partial charge in [0.05, 0.1) is 6.07 Å². The number of urea groups is 1. The highest BCUT2D eigenvalue weighted by Gasteiger charge is 2.15. The zero-order valence-electron chi connectivity index (χ0n) is 8.75. The van der Waals surface area contributed by atoms with Gasteiger partial charge in [0, 0.05) is 13.1 Å². The number of hydrogen-bond acceptors (Lipinski definition) is 3. The van der Waals surface area contributed by atoms with Crippen LogP contribution in [0.5, 0.6) is 0 Å². The molecule has 0 aliphatic rings. The lowest BCUT2D eigenvalue weighted by atomic mass is 10.1. The van der Waals surface area contributed by atoms with Crippen LogP contribution in [-0.4, -0.2) is 25.0 Å². The molecule has 0 fully saturated rings. The molecule has 0 aromatic rings. The molecule has 1 atom stereocenters. The third-order valence-corrected chi connectivity index (χ3v) is 1.77. The molecule has 84 valence electrons. The molecule has 0 saturated heterocycles. The topological polar surface area (TPSA) is 108 Å². The fourth-order valence-corrected chi connectivity index (χ4v) is 1.04. The van der Waals surface area contributed by atoms with E-state index in [-0.39, 0.29) is 19.0 Å². The van der Waals surface area contributed by atoms with Crippen LogP contribution in [0.1, 0.15) is 19.8 Å². The van der Waals surface area contributed by atoms with Gasteiger partial charge in [-0.1, -0.05) is 13.3 Å². The predicted molar refractivity (Wildman–Crippen MR) is 54.6 cm³/mol. The van der Waals surface area contributed by atoms with Crippen LogP contribution in [0.4, 0.5) is 4.79 Å². The second-order valence-corrected chi connectivity index (χ2v) is 3.05. The summed E-state index contributed by atoms with van der Waals surface area (Å²) >= 11 is 0. The number of nitriles is 1. The summed E-state index contributed by atoms with van der Waals surface area (Å²) in [6.45, 7) is 2.46. The lowest BCUT2D eigenvalue weighted by Gasteiger charge is -2.08. The number of nitrogens with one attached hydrogen (secondary N) is 2. The van der Waals surface area contributed by atoms with Crippen molar-refractivity contribution < 1.29 is 9.59 Å². The van der Waals surface area contributed by atoms with Crippen molar-refractivity contribution in [2.24, 2.45) is 11.7 Å². The Morgan fingerprint density at radius 3 is 2.47 bits per heavy atom. The van der Waals surface area contributed by atoms with Gasteiger partial charge in [0.1, 0.15) is 5.92 Å². The molecule has 0 aromatic carbocycles. The van der Waals surface area contributed by atoms with Crippen LogP contribution in [0.2, 0.25) is 0 Å². The van der Waals surface area contributed by atoms with Gasteiger partial charge in [-0.2, -0.15) is 5.26 Å². The third-order valence-electron chi connectivity index (χ3n) is 1.77. The van der Waals surface area contributed by atoms with E-state index >= 15 is 0 Å². The summed E-state index contributed by atoms with van der Waals surface area (Å²) < 4.78 is 0. The molecule has 0 heterocycles. The number of carbonyl (C=O) groups excluding carboxylic acids is 2. The van der Waals surface area contributed by atoms with Gasteiger partial charge in [-0.25, -0.2) is 4.79 Å². The molecule has 6 heteroatoms. The summed E-state index contributed by atoms with van der Waals surface area (Å²) in [6.07, 6.45) is 1.33. The number of nitrogens with two attached hydrogens (primary N) is 1. The highest BCUT2D eigenvalue weighted by Crippen LogP contribution is 2.03. The molecular weight excluding hydrogens is 196 g/mol. The quantitative estimate of drug-likeness (QED) is 0.526. The molecule has 0 aliphatic heterocycles. The van der Waals surface area contributed by atoms with Gasteiger partial charge < -0.3 is 16.4 Å². The number of amides is 3. The van der Waals surface area contributed by atoms with Gasteiger partial charge in [0.25, 0.3) is 0 Å². The van der Waals surface area contributed by atoms with Crippen molar-refractivity contribution in [1.82, 2.24) is 10.6 Å². The van der Waals surface area contributed by atoms with Gasteiger partial charge in [0.15, 0.2) is 0 Å². The minimum Gasteiger partial charge on any atom is -0.353 e. The van der Waals surface area contributed by atoms with Gasteiger partial charge in [-0.05, 0) is 6.42 Å². The maximum absolute atomic E-state index is 11.3. The van der Waals surface area contributed by atoms with E-state index in [1.807, 2.05) is 13.0 Å². The van der Waals surface area contributed by atoms with Crippen molar-refractivity contribution >= 4 is 11.9 Å². The SMILES string of the molecule is CCCC(C#N)C(=O)NCCNC(N)=O. The van der Waals surface area contributed by atoms with Crippen LogP contribution in [0, 0.1) is 17.2 Å². The number of carbonyl (C=O) groups is 2. The van der Waals surface area contributed by atoms with E-state index in [2.05, 4.69) is 10.6 Å². The molecule has 0 saturated carbocycles. The summed E-state index contributed by atoms with van der Waals surface area (Å²) in [5.41, 5.74) is 4.83. The smallest absolute Gasteiger partial charge is 0.312 e. The Morgan fingerprint density at radius 2 is 2.00 bits per heavy atom. The molecule has 0 bridgehead atoms. The number of hydrogen-bond donors (Lipinski definition) is 3. The first kappa shape index (κ1) is 13.2. The maximum atomic E-state index is 11.3. The standard InChI is InChI=1S/C9H16N4O2/c1-2-3-7(6-10)8(14)12-4-5-13-9(11)15/h7H,2-5H2,1H3,(H,12,14)(H3,11,13,15). The largest absolute Gasteiger partial charge is 0.353 e. The van der Waals surface area contributed by atoms with Crippen molar-refractivity contribution in [2.75, 3.05) is 13.1 Å². The summed E-state index contributed by atoms with van der Waals surface area (Å²) in [5.74, 6) is -0.908. The lowest BCUT2D eigenvalue weighted by molar-refractivity contribution is -0.123. The average Bonchev–Trinajstić information content (AvgIpc) is 2.20. The summed E-state index contributed by atoms with van der Waals surface area (Å²) in [6, 6.07) is 1.30. The molecule has 0 radical (unpaired) electrons. The van der Waals surface area contributed by atoms with E-state index in [0.29, 0.717) is 6.42 Å². The molecule has 0 aromatic heterocycles. The van der Waals surface area contributed by atoms with E-state index in [4.69, 9.17) is 11.0 Å². The molecule has 0 spiro atoms. The molecule has 6 nitrogen and oxygen atoms in total. The van der Waals surface area contributed by atoms with Gasteiger partial charge in [-0.15, -0.1) is 0 Å². The van der Waals surface area contributed by atoms with Crippen LogP contribution in [0.3, 0.4) is 0 Å². The van der Waals surface area contributed by atoms with E-state index in [9.17, 15) is 9.59 Å². The fourth-order valence-electron chi connectivity index (χ4n) is 1.04. The number of primary amides is 1. The third kappa shape index (κ3) is 6.32. The van der Waals surface area contributed by atoms with Crippen LogP contribution < -0.4 is 16.4 Å². The molecule has 1 unspecified atom stereocenters. The molecule has 0 rings (SSSR count). The Bertz CT molecular complexity index is 259. The second kappa shape index (κ2) is 7.62. The Labute approximate surface area is 88.8 Å². The van der Waals surface area contributed by atoms with Crippen LogP contribution in [0.15, 0.2) is 0 Å². The minimum atomic E-state index is -0.630. The van der Waals surface area contributed by atoms with Crippen LogP contribution in [-0.2, 0) is 4.79 Å². The Hall–Kier alpha value is -1.77. The molecule has 15 heavy (non-hydrogen) atoms. The summed E-state index contributed by atoms with van der Waals surface area (Å²) in [7, 11) is 0. The summed E-state index contributed by atoms with van der Waals surface area (Å²) in [4.78, 5) is 21.6. The van der Waals surface area contributed by atoms with E-state index in [0.717, 1.165) is 6.42 Å². The first-order valence-electron chi connectivity index (χ1n) is 4.82. The average molecular weight is 212 g/mol. The highest BCUT2D eigenvalue weighted by molar-refractivity contribution is 5.81. The summed E-state index contributed by atoms with van der Waals surface area (Å²) in [5, 5.41) is 13.5. The maximum Gasteiger partial charge on any atom is 0.312 e. The van der Waals surface area contributed by atoms with E-state index < -0.39 is 11.9 Å². The van der Waals surface area contributed by atoms with Gasteiger partial charge in [0.2, 0.25) is 5.91 Å². The van der Waals surface area contributed by atoms with Crippen molar-refractivity contribution in [3.8, 4) is 6.07 Å². The molecule has 3 amide bonds. The van der Waals surface area contributed by atoms with Crippen molar-refractivity contribution in [2.45, 2.75) is 19.8 Å². The number of nitrogens with zero attached hydrogens (tertiary/aromatic N) is 1. The van der Waals surface area contributed by atoms with Gasteiger partial charge >= 0.3 is 6.03 Å². The minimum absolute atomic E-state index is 0.269. The van der Waals surface area contributed by atoms with Crippen molar-refractivity contribution in [3.05, 3.63) is 0 Å². The lowest BCUT2D eigenvalue weighted by Crippen LogP contribution is -2.39. The Balaban J connectivity index is 3.72. The van der Waals surface area contributed by atoms with Crippen LogP contribution in [0.25, 0.3) is 0 Å². The zero-order chi connectivity index (χ0) is 11.7. The molecular formula is C9H16N4O2. The second-order valence-electron chi connectivity index (χ2n) is 3.05. The van der Waals surface area contributed by atoms with E-state index in [1.54, 1.807) is 0 Å². The fraction of sp³-hybridized carbons (Fsp3) is 0.667. The first-order valence-corrected chi connectivity index (χ1v) is 4.82. The zero-order valence-corrected chi connectivity index (χ0v) is 8.75. The molecule has 0 aliphatic carbocycles. The van der Waals surface area contributed by atoms with Crippen molar-refractivity contribution in [3.63, 3.8) is 0 Å². The molecule has 4 N–H and O–H groups in total. The Kier molecular flexibility index (Phi) is 6.72. The van der Waals surface area contributed by atoms with Crippen LogP contribution >= 0.6 is 0 Å². The number of rotatable bonds is 6. The Morgan fingerprint density at radius 1 is 1.40 bits per heavy atom. The van der Waals surface area contributed by atoms with Gasteiger partial charge in [-0.3, -0.25) is 4.79 Å².